The monoisotopic (exact) mass is 358 g/mol. The molecule has 0 spiro atoms. The predicted octanol–water partition coefficient (Wildman–Crippen LogP) is 3.54. The molecule has 0 aromatic carbocycles. The van der Waals surface area contributed by atoms with Crippen molar-refractivity contribution in [3.63, 3.8) is 0 Å². The lowest BCUT2D eigenvalue weighted by Crippen LogP contribution is -2.06. The zero-order valence-electron chi connectivity index (χ0n) is 14.2. The quantitative estimate of drug-likeness (QED) is 0.517. The van der Waals surface area contributed by atoms with Crippen LogP contribution in [0.3, 0.4) is 0 Å². The van der Waals surface area contributed by atoms with Crippen molar-refractivity contribution in [3.8, 4) is 11.8 Å². The average Bonchev–Trinajstić information content (AvgIpc) is 3.22. The number of furan rings is 1. The number of aromatic nitrogens is 3. The number of aryl methyl sites for hydroxylation is 1. The van der Waals surface area contributed by atoms with Crippen molar-refractivity contribution in [1.29, 1.82) is 0 Å². The van der Waals surface area contributed by atoms with E-state index in [1.54, 1.807) is 24.8 Å². The first-order valence-electron chi connectivity index (χ1n) is 7.99. The molecule has 0 atom stereocenters. The Balaban J connectivity index is 1.98. The molecule has 3 heterocycles. The van der Waals surface area contributed by atoms with E-state index < -0.39 is 0 Å². The summed E-state index contributed by atoms with van der Waals surface area (Å²) >= 11 is 6.12. The number of rotatable bonds is 7. The Morgan fingerprint density at radius 1 is 1.44 bits per heavy atom. The average molecular weight is 359 g/mol. The van der Waals surface area contributed by atoms with Crippen molar-refractivity contribution in [2.24, 2.45) is 0 Å². The Morgan fingerprint density at radius 2 is 2.32 bits per heavy atom. The van der Waals surface area contributed by atoms with Gasteiger partial charge in [-0.25, -0.2) is 4.52 Å². The molecule has 0 amide bonds. The van der Waals surface area contributed by atoms with Gasteiger partial charge in [0.1, 0.15) is 17.0 Å². The molecule has 0 fully saturated rings. The van der Waals surface area contributed by atoms with Crippen molar-refractivity contribution in [2.45, 2.75) is 26.3 Å². The second kappa shape index (κ2) is 8.06. The molecule has 3 aromatic rings. The lowest BCUT2D eigenvalue weighted by Gasteiger charge is -2.06. The van der Waals surface area contributed by atoms with E-state index in [2.05, 4.69) is 33.3 Å². The van der Waals surface area contributed by atoms with E-state index in [1.165, 1.54) is 0 Å². The molecular weight excluding hydrogens is 340 g/mol. The summed E-state index contributed by atoms with van der Waals surface area (Å²) in [5.74, 6) is 7.53. The highest BCUT2D eigenvalue weighted by atomic mass is 35.5. The highest BCUT2D eigenvalue weighted by Crippen LogP contribution is 2.24. The van der Waals surface area contributed by atoms with Gasteiger partial charge in [0.15, 0.2) is 5.82 Å². The van der Waals surface area contributed by atoms with Gasteiger partial charge in [-0.1, -0.05) is 5.92 Å². The van der Waals surface area contributed by atoms with E-state index in [9.17, 15) is 0 Å². The van der Waals surface area contributed by atoms with Crippen molar-refractivity contribution < 1.29 is 9.15 Å². The highest BCUT2D eigenvalue weighted by molar-refractivity contribution is 6.28. The maximum absolute atomic E-state index is 6.12. The zero-order chi connectivity index (χ0) is 17.6. The summed E-state index contributed by atoms with van der Waals surface area (Å²) in [6.45, 7) is 3.01. The van der Waals surface area contributed by atoms with E-state index in [4.69, 9.17) is 20.8 Å². The van der Waals surface area contributed by atoms with Crippen LogP contribution in [0.1, 0.15) is 30.4 Å². The third-order valence-electron chi connectivity index (χ3n) is 3.73. The molecule has 0 saturated carbocycles. The van der Waals surface area contributed by atoms with Crippen LogP contribution in [0, 0.1) is 11.8 Å². The molecule has 7 heteroatoms. The molecule has 1 N–H and O–H groups in total. The number of fused-ring (bicyclic) bond motifs is 1. The minimum absolute atomic E-state index is 0.160. The molecule has 6 nitrogen and oxygen atoms in total. The van der Waals surface area contributed by atoms with Crippen LogP contribution in [0.2, 0.25) is 5.28 Å². The second-order valence-corrected chi connectivity index (χ2v) is 5.79. The third kappa shape index (κ3) is 3.95. The fraction of sp³-hybridized carbons (Fsp3) is 0.333. The first kappa shape index (κ1) is 17.3. The number of nitrogens with one attached hydrogen (secondary N) is 1. The van der Waals surface area contributed by atoms with Crippen LogP contribution in [0.4, 0.5) is 5.82 Å². The summed E-state index contributed by atoms with van der Waals surface area (Å²) in [5.41, 5.74) is 2.77. The minimum atomic E-state index is 0.160. The van der Waals surface area contributed by atoms with Gasteiger partial charge in [0.05, 0.1) is 12.8 Å². The maximum Gasteiger partial charge on any atom is 0.243 e. The van der Waals surface area contributed by atoms with Crippen LogP contribution < -0.4 is 5.32 Å². The van der Waals surface area contributed by atoms with E-state index >= 15 is 0 Å². The van der Waals surface area contributed by atoms with Crippen LogP contribution in [0.15, 0.2) is 28.9 Å². The van der Waals surface area contributed by atoms with E-state index in [1.807, 2.05) is 12.1 Å². The fourth-order valence-corrected chi connectivity index (χ4v) is 2.80. The summed E-state index contributed by atoms with van der Waals surface area (Å²) in [7, 11) is 1.70. The van der Waals surface area contributed by atoms with Crippen LogP contribution in [-0.2, 0) is 17.7 Å². The van der Waals surface area contributed by atoms with Gasteiger partial charge in [0.25, 0.3) is 0 Å². The Bertz CT molecular complexity index is 907. The van der Waals surface area contributed by atoms with Gasteiger partial charge in [-0.3, -0.25) is 0 Å². The second-order valence-electron chi connectivity index (χ2n) is 5.45. The van der Waals surface area contributed by atoms with Crippen molar-refractivity contribution in [2.75, 3.05) is 19.0 Å². The van der Waals surface area contributed by atoms with Gasteiger partial charge in [0.2, 0.25) is 5.28 Å². The first-order valence-corrected chi connectivity index (χ1v) is 8.37. The Morgan fingerprint density at radius 3 is 3.04 bits per heavy atom. The molecule has 0 radical (unpaired) electrons. The number of halogens is 1. The molecule has 0 saturated heterocycles. The van der Waals surface area contributed by atoms with Crippen LogP contribution in [0.5, 0.6) is 0 Å². The SMILES string of the molecule is CC#Cc1c(CCCOC)cc2c(NCc3ccco3)nc(Cl)nn12. The molecule has 25 heavy (non-hydrogen) atoms. The van der Waals surface area contributed by atoms with E-state index in [0.29, 0.717) is 19.0 Å². The van der Waals surface area contributed by atoms with Crippen molar-refractivity contribution in [3.05, 3.63) is 46.8 Å². The number of methoxy groups -OCH3 is 1. The largest absolute Gasteiger partial charge is 0.467 e. The van der Waals surface area contributed by atoms with Crippen LogP contribution in [-0.4, -0.2) is 28.3 Å². The molecular formula is C18H19ClN4O2. The molecule has 0 bridgehead atoms. The highest BCUT2D eigenvalue weighted by Gasteiger charge is 2.15. The number of hydrogen-bond donors (Lipinski definition) is 1. The number of ether oxygens (including phenoxy) is 1. The lowest BCUT2D eigenvalue weighted by molar-refractivity contribution is 0.195. The van der Waals surface area contributed by atoms with Gasteiger partial charge in [-0.15, -0.1) is 5.10 Å². The summed E-state index contributed by atoms with van der Waals surface area (Å²) in [4.78, 5) is 4.32. The molecule has 0 aliphatic heterocycles. The van der Waals surface area contributed by atoms with Gasteiger partial charge >= 0.3 is 0 Å². The minimum Gasteiger partial charge on any atom is -0.467 e. The molecule has 3 rings (SSSR count). The van der Waals surface area contributed by atoms with Gasteiger partial charge in [-0.2, -0.15) is 4.98 Å². The van der Waals surface area contributed by atoms with E-state index in [0.717, 1.165) is 35.4 Å². The molecule has 130 valence electrons. The molecule has 3 aromatic heterocycles. The number of hydrogen-bond acceptors (Lipinski definition) is 5. The van der Waals surface area contributed by atoms with Gasteiger partial charge in [0, 0.05) is 13.7 Å². The smallest absolute Gasteiger partial charge is 0.243 e. The molecule has 0 unspecified atom stereocenters. The summed E-state index contributed by atoms with van der Waals surface area (Å²) in [6.07, 6.45) is 3.39. The Kier molecular flexibility index (Phi) is 5.59. The van der Waals surface area contributed by atoms with Gasteiger partial charge < -0.3 is 14.5 Å². The maximum atomic E-state index is 6.12. The molecule has 0 aliphatic rings. The Hall–Kier alpha value is -2.49. The van der Waals surface area contributed by atoms with Gasteiger partial charge in [-0.05, 0) is 61.0 Å². The van der Waals surface area contributed by atoms with Crippen molar-refractivity contribution in [1.82, 2.24) is 14.6 Å². The molecule has 0 aliphatic carbocycles. The predicted molar refractivity (Wildman–Crippen MR) is 96.8 cm³/mol. The number of anilines is 1. The normalized spacial score (nSPS) is 10.7. The number of nitrogens with zero attached hydrogens (tertiary/aromatic N) is 3. The topological polar surface area (TPSA) is 64.6 Å². The van der Waals surface area contributed by atoms with Crippen LogP contribution >= 0.6 is 11.6 Å². The standard InChI is InChI=1S/C18H19ClN4O2/c1-3-6-15-13(7-4-9-24-2)11-16-17(21-18(19)22-23(15)16)20-12-14-8-5-10-25-14/h5,8,10-11H,4,7,9,12H2,1-2H3,(H,20,21,22). The van der Waals surface area contributed by atoms with E-state index in [-0.39, 0.29) is 5.28 Å². The lowest BCUT2D eigenvalue weighted by atomic mass is 10.1. The third-order valence-corrected chi connectivity index (χ3v) is 3.89. The van der Waals surface area contributed by atoms with Crippen LogP contribution in [0.25, 0.3) is 5.52 Å². The van der Waals surface area contributed by atoms with Crippen molar-refractivity contribution >= 4 is 22.9 Å². The first-order chi connectivity index (χ1) is 12.2. The Labute approximate surface area is 151 Å². The summed E-state index contributed by atoms with van der Waals surface area (Å²) in [5, 5.41) is 7.74. The fourth-order valence-electron chi connectivity index (χ4n) is 2.64. The zero-order valence-corrected chi connectivity index (χ0v) is 14.9. The summed E-state index contributed by atoms with van der Waals surface area (Å²) in [6, 6.07) is 5.80. The summed E-state index contributed by atoms with van der Waals surface area (Å²) < 4.78 is 12.2.